The van der Waals surface area contributed by atoms with Crippen LogP contribution in [0.2, 0.25) is 0 Å². The van der Waals surface area contributed by atoms with Gasteiger partial charge in [0.2, 0.25) is 0 Å². The van der Waals surface area contributed by atoms with Gasteiger partial charge in [-0.3, -0.25) is 14.7 Å². The quantitative estimate of drug-likeness (QED) is 0.687. The number of ether oxygens (including phenoxy) is 1. The number of hydrogen-bond acceptors (Lipinski definition) is 5. The Morgan fingerprint density at radius 3 is 2.65 bits per heavy atom. The first-order chi connectivity index (χ1) is 15.0. The lowest BCUT2D eigenvalue weighted by Gasteiger charge is -2.34. The van der Waals surface area contributed by atoms with Crippen molar-refractivity contribution in [1.29, 1.82) is 0 Å². The number of piperidine rings is 1. The number of amides is 1. The summed E-state index contributed by atoms with van der Waals surface area (Å²) in [6.07, 6.45) is 3.02. The van der Waals surface area contributed by atoms with Crippen LogP contribution in [0.1, 0.15) is 55.2 Å². The third kappa shape index (κ3) is 4.74. The fourth-order valence-electron chi connectivity index (χ4n) is 5.14. The van der Waals surface area contributed by atoms with Crippen molar-refractivity contribution in [1.82, 2.24) is 14.8 Å². The van der Waals surface area contributed by atoms with Crippen LogP contribution >= 0.6 is 0 Å². The van der Waals surface area contributed by atoms with E-state index in [0.29, 0.717) is 23.9 Å². The van der Waals surface area contributed by atoms with Crippen LogP contribution in [-0.2, 0) is 22.5 Å². The molecule has 3 heterocycles. The Balaban J connectivity index is 1.57. The summed E-state index contributed by atoms with van der Waals surface area (Å²) < 4.78 is 5.61. The number of nitrogens with zero attached hydrogens (tertiary/aromatic N) is 3. The topological polar surface area (TPSA) is 62.7 Å². The maximum absolute atomic E-state index is 13.3. The highest BCUT2D eigenvalue weighted by Crippen LogP contribution is 2.29. The van der Waals surface area contributed by atoms with Crippen molar-refractivity contribution in [3.8, 4) is 0 Å². The number of pyridine rings is 1. The van der Waals surface area contributed by atoms with E-state index >= 15 is 0 Å². The van der Waals surface area contributed by atoms with Crippen molar-refractivity contribution >= 4 is 22.8 Å². The molecule has 1 amide bonds. The zero-order valence-electron chi connectivity index (χ0n) is 18.9. The summed E-state index contributed by atoms with van der Waals surface area (Å²) in [7, 11) is 0. The molecule has 0 saturated carbocycles. The molecule has 2 atom stereocenters. The van der Waals surface area contributed by atoms with E-state index in [4.69, 9.17) is 9.72 Å². The molecule has 2 unspecified atom stereocenters. The standard InChI is InChI=1S/C25H33N3O3/c1-4-10-27-11-9-22-20(15-27)24(19-7-5-6-8-21(19)26-22)25(30)31-16-23(29)28-13-17(2)12-18(3)14-28/h5-8,17-18H,4,9-16H2,1-3H3. The van der Waals surface area contributed by atoms with Crippen molar-refractivity contribution in [2.75, 3.05) is 32.8 Å². The van der Waals surface area contributed by atoms with Gasteiger partial charge in [-0.25, -0.2) is 4.79 Å². The van der Waals surface area contributed by atoms with Gasteiger partial charge in [-0.05, 0) is 37.3 Å². The fourth-order valence-corrected chi connectivity index (χ4v) is 5.14. The number of aromatic nitrogens is 1. The van der Waals surface area contributed by atoms with Gasteiger partial charge in [0, 0.05) is 49.2 Å². The molecule has 0 N–H and O–H groups in total. The Hall–Kier alpha value is -2.47. The van der Waals surface area contributed by atoms with Gasteiger partial charge in [0.25, 0.3) is 5.91 Å². The zero-order chi connectivity index (χ0) is 22.0. The third-order valence-electron chi connectivity index (χ3n) is 6.42. The average Bonchev–Trinajstić information content (AvgIpc) is 2.75. The molecule has 0 spiro atoms. The van der Waals surface area contributed by atoms with Crippen LogP contribution in [0.25, 0.3) is 10.9 Å². The smallest absolute Gasteiger partial charge is 0.339 e. The van der Waals surface area contributed by atoms with E-state index in [1.165, 1.54) is 0 Å². The maximum atomic E-state index is 13.3. The first-order valence-corrected chi connectivity index (χ1v) is 11.5. The molecule has 0 bridgehead atoms. The number of benzene rings is 1. The highest BCUT2D eigenvalue weighted by atomic mass is 16.5. The molecule has 1 aromatic heterocycles. The van der Waals surface area contributed by atoms with Crippen LogP contribution in [0.5, 0.6) is 0 Å². The number of fused-ring (bicyclic) bond motifs is 2. The number of likely N-dealkylation sites (tertiary alicyclic amines) is 1. The molecule has 2 aliphatic heterocycles. The van der Waals surface area contributed by atoms with Crippen LogP contribution in [0, 0.1) is 11.8 Å². The lowest BCUT2D eigenvalue weighted by Crippen LogP contribution is -2.44. The molecule has 6 heteroatoms. The Kier molecular flexibility index (Phi) is 6.56. The number of para-hydroxylation sites is 1. The summed E-state index contributed by atoms with van der Waals surface area (Å²) in [6, 6.07) is 7.72. The molecular weight excluding hydrogens is 390 g/mol. The molecule has 31 heavy (non-hydrogen) atoms. The van der Waals surface area contributed by atoms with E-state index in [1.54, 1.807) is 0 Å². The summed E-state index contributed by atoms with van der Waals surface area (Å²) in [5.74, 6) is 0.430. The van der Waals surface area contributed by atoms with Crippen molar-refractivity contribution in [3.63, 3.8) is 0 Å². The predicted octanol–water partition coefficient (Wildman–Crippen LogP) is 3.66. The normalized spacial score (nSPS) is 21.7. The number of hydrogen-bond donors (Lipinski definition) is 0. The Morgan fingerprint density at radius 1 is 1.16 bits per heavy atom. The van der Waals surface area contributed by atoms with Gasteiger partial charge >= 0.3 is 5.97 Å². The van der Waals surface area contributed by atoms with Gasteiger partial charge in [0.1, 0.15) is 0 Å². The van der Waals surface area contributed by atoms with Crippen LogP contribution in [0.4, 0.5) is 0 Å². The minimum Gasteiger partial charge on any atom is -0.452 e. The summed E-state index contributed by atoms with van der Waals surface area (Å²) in [4.78, 5) is 35.0. The van der Waals surface area contributed by atoms with Crippen molar-refractivity contribution in [2.24, 2.45) is 11.8 Å². The summed E-state index contributed by atoms with van der Waals surface area (Å²) >= 11 is 0. The summed E-state index contributed by atoms with van der Waals surface area (Å²) in [5, 5.41) is 0.803. The van der Waals surface area contributed by atoms with Crippen LogP contribution in [0.3, 0.4) is 0 Å². The fraction of sp³-hybridized carbons (Fsp3) is 0.560. The molecule has 1 saturated heterocycles. The molecule has 0 radical (unpaired) electrons. The zero-order valence-corrected chi connectivity index (χ0v) is 18.9. The Labute approximate surface area is 184 Å². The second kappa shape index (κ2) is 9.35. The largest absolute Gasteiger partial charge is 0.452 e. The van der Waals surface area contributed by atoms with E-state index in [-0.39, 0.29) is 12.5 Å². The molecule has 2 aromatic rings. The van der Waals surface area contributed by atoms with E-state index in [9.17, 15) is 9.59 Å². The molecule has 2 aliphatic rings. The van der Waals surface area contributed by atoms with Gasteiger partial charge < -0.3 is 9.64 Å². The highest BCUT2D eigenvalue weighted by Gasteiger charge is 2.29. The van der Waals surface area contributed by atoms with Crippen molar-refractivity contribution in [2.45, 2.75) is 46.6 Å². The van der Waals surface area contributed by atoms with E-state index in [1.807, 2.05) is 29.2 Å². The van der Waals surface area contributed by atoms with Crippen molar-refractivity contribution in [3.05, 3.63) is 41.1 Å². The first kappa shape index (κ1) is 21.8. The molecular formula is C25H33N3O3. The van der Waals surface area contributed by atoms with Crippen LogP contribution < -0.4 is 0 Å². The van der Waals surface area contributed by atoms with Gasteiger partial charge in [-0.1, -0.05) is 39.0 Å². The van der Waals surface area contributed by atoms with Crippen molar-refractivity contribution < 1.29 is 14.3 Å². The number of rotatable bonds is 5. The highest BCUT2D eigenvalue weighted by molar-refractivity contribution is 6.05. The third-order valence-corrected chi connectivity index (χ3v) is 6.42. The number of carbonyl (C=O) groups is 2. The molecule has 0 aliphatic carbocycles. The second-order valence-electron chi connectivity index (χ2n) is 9.28. The second-order valence-corrected chi connectivity index (χ2v) is 9.28. The SMILES string of the molecule is CCCN1CCc2nc3ccccc3c(C(=O)OCC(=O)N3CC(C)CC(C)C3)c2C1. The average molecular weight is 424 g/mol. The Bertz CT molecular complexity index is 964. The molecule has 1 fully saturated rings. The van der Waals surface area contributed by atoms with Gasteiger partial charge in [-0.2, -0.15) is 0 Å². The van der Waals surface area contributed by atoms with Gasteiger partial charge in [0.15, 0.2) is 6.61 Å². The lowest BCUT2D eigenvalue weighted by molar-refractivity contribution is -0.137. The minimum atomic E-state index is -0.417. The van der Waals surface area contributed by atoms with E-state index in [2.05, 4.69) is 25.7 Å². The number of esters is 1. The van der Waals surface area contributed by atoms with Crippen LogP contribution in [-0.4, -0.2) is 59.4 Å². The predicted molar refractivity (Wildman–Crippen MR) is 121 cm³/mol. The molecule has 1 aromatic carbocycles. The van der Waals surface area contributed by atoms with Crippen LogP contribution in [0.15, 0.2) is 24.3 Å². The first-order valence-electron chi connectivity index (χ1n) is 11.5. The minimum absolute atomic E-state index is 0.105. The monoisotopic (exact) mass is 423 g/mol. The van der Waals surface area contributed by atoms with E-state index < -0.39 is 5.97 Å². The summed E-state index contributed by atoms with van der Waals surface area (Å²) in [6.45, 7) is 10.4. The molecule has 166 valence electrons. The van der Waals surface area contributed by atoms with Gasteiger partial charge in [0.05, 0.1) is 11.1 Å². The van der Waals surface area contributed by atoms with Gasteiger partial charge in [-0.15, -0.1) is 0 Å². The van der Waals surface area contributed by atoms with E-state index in [0.717, 1.165) is 67.6 Å². The Morgan fingerprint density at radius 2 is 1.90 bits per heavy atom. The number of carbonyl (C=O) groups excluding carboxylic acids is 2. The molecule has 6 nitrogen and oxygen atoms in total. The summed E-state index contributed by atoms with van der Waals surface area (Å²) in [5.41, 5.74) is 3.32. The lowest BCUT2D eigenvalue weighted by atomic mass is 9.92. The molecule has 4 rings (SSSR count). The maximum Gasteiger partial charge on any atom is 0.339 e.